The second-order valence-electron chi connectivity index (χ2n) is 4.93. The Kier molecular flexibility index (Phi) is 4.39. The van der Waals surface area contributed by atoms with Crippen molar-refractivity contribution >= 4 is 17.5 Å². The van der Waals surface area contributed by atoms with Gasteiger partial charge in [-0.05, 0) is 36.7 Å². The first-order valence-corrected chi connectivity index (χ1v) is 7.21. The molecule has 0 bridgehead atoms. The number of pyridine rings is 2. The number of aromatic nitrogens is 4. The van der Waals surface area contributed by atoms with Gasteiger partial charge < -0.3 is 16.8 Å². The van der Waals surface area contributed by atoms with E-state index in [4.69, 9.17) is 11.5 Å². The van der Waals surface area contributed by atoms with Gasteiger partial charge in [-0.3, -0.25) is 4.98 Å². The summed E-state index contributed by atoms with van der Waals surface area (Å²) >= 11 is 0. The molecule has 0 unspecified atom stereocenters. The van der Waals surface area contributed by atoms with Gasteiger partial charge in [-0.25, -0.2) is 15.0 Å². The minimum atomic E-state index is 0.454. The first-order valence-electron chi connectivity index (χ1n) is 7.21. The maximum atomic E-state index is 5.78. The summed E-state index contributed by atoms with van der Waals surface area (Å²) in [5, 5.41) is 3.14. The highest BCUT2D eigenvalue weighted by molar-refractivity contribution is 5.68. The molecule has 0 amide bonds. The molecule has 0 fully saturated rings. The Balaban J connectivity index is 1.99. The normalized spacial score (nSPS) is 10.5. The highest BCUT2D eigenvalue weighted by atomic mass is 15.1. The topological polar surface area (TPSA) is 116 Å². The molecule has 3 aromatic heterocycles. The van der Waals surface area contributed by atoms with Gasteiger partial charge in [-0.15, -0.1) is 0 Å². The fourth-order valence-corrected chi connectivity index (χ4v) is 2.26. The van der Waals surface area contributed by atoms with Gasteiger partial charge in [0.15, 0.2) is 0 Å². The van der Waals surface area contributed by atoms with Crippen LogP contribution in [0.3, 0.4) is 0 Å². The third-order valence-electron chi connectivity index (χ3n) is 3.27. The summed E-state index contributed by atoms with van der Waals surface area (Å²) in [7, 11) is 0. The first-order chi connectivity index (χ1) is 11.3. The van der Waals surface area contributed by atoms with Crippen LogP contribution in [0.4, 0.5) is 17.5 Å². The lowest BCUT2D eigenvalue weighted by atomic mass is 10.0. The van der Waals surface area contributed by atoms with Crippen LogP contribution in [0.1, 0.15) is 5.56 Å². The summed E-state index contributed by atoms with van der Waals surface area (Å²) in [4.78, 5) is 16.9. The monoisotopic (exact) mass is 307 g/mol. The van der Waals surface area contributed by atoms with Crippen LogP contribution in [0.25, 0.3) is 11.3 Å². The molecule has 23 heavy (non-hydrogen) atoms. The molecule has 7 heteroatoms. The Hall–Kier alpha value is -3.06. The standard InChI is InChI=1S/C16H17N7/c17-5-3-11-1-2-14(22-15-10-19-7-8-21-15)23-16(11)12-4-6-20-13(18)9-12/h1-2,4,6-10H,3,5,17H2,(H2,18,20)(H,21,22,23). The van der Waals surface area contributed by atoms with Gasteiger partial charge in [0.2, 0.25) is 0 Å². The quantitative estimate of drug-likeness (QED) is 0.657. The summed E-state index contributed by atoms with van der Waals surface area (Å²) in [6.07, 6.45) is 7.28. The lowest BCUT2D eigenvalue weighted by molar-refractivity contribution is 0.962. The molecule has 0 aliphatic carbocycles. The Morgan fingerprint density at radius 2 is 1.91 bits per heavy atom. The first kappa shape index (κ1) is 14.9. The van der Waals surface area contributed by atoms with E-state index in [0.717, 1.165) is 23.2 Å². The van der Waals surface area contributed by atoms with E-state index in [0.29, 0.717) is 24.0 Å². The van der Waals surface area contributed by atoms with Crippen molar-refractivity contribution < 1.29 is 0 Å². The number of anilines is 3. The van der Waals surface area contributed by atoms with E-state index in [9.17, 15) is 0 Å². The van der Waals surface area contributed by atoms with Crippen molar-refractivity contribution in [3.8, 4) is 11.3 Å². The second kappa shape index (κ2) is 6.80. The molecule has 116 valence electrons. The third kappa shape index (κ3) is 3.58. The highest BCUT2D eigenvalue weighted by Crippen LogP contribution is 2.25. The molecule has 0 radical (unpaired) electrons. The van der Waals surface area contributed by atoms with E-state index < -0.39 is 0 Å². The van der Waals surface area contributed by atoms with Gasteiger partial charge in [0, 0.05) is 24.2 Å². The van der Waals surface area contributed by atoms with Crippen LogP contribution in [0, 0.1) is 0 Å². The van der Waals surface area contributed by atoms with E-state index in [1.165, 1.54) is 0 Å². The van der Waals surface area contributed by atoms with Gasteiger partial charge in [0.1, 0.15) is 17.5 Å². The molecule has 3 heterocycles. The van der Waals surface area contributed by atoms with Crippen LogP contribution in [-0.2, 0) is 6.42 Å². The SMILES string of the molecule is NCCc1ccc(Nc2cnccn2)nc1-c1ccnc(N)c1. The van der Waals surface area contributed by atoms with Crippen LogP contribution < -0.4 is 16.8 Å². The number of nitrogens with one attached hydrogen (secondary N) is 1. The molecule has 3 aromatic rings. The summed E-state index contributed by atoms with van der Waals surface area (Å²) in [5.74, 6) is 1.76. The number of hydrogen-bond acceptors (Lipinski definition) is 7. The highest BCUT2D eigenvalue weighted by Gasteiger charge is 2.09. The number of nitrogens with zero attached hydrogens (tertiary/aromatic N) is 4. The summed E-state index contributed by atoms with van der Waals surface area (Å²) < 4.78 is 0. The molecule has 0 aromatic carbocycles. The van der Waals surface area contributed by atoms with Crippen molar-refractivity contribution in [2.24, 2.45) is 5.73 Å². The molecule has 3 rings (SSSR count). The van der Waals surface area contributed by atoms with Gasteiger partial charge in [0.25, 0.3) is 0 Å². The maximum absolute atomic E-state index is 5.78. The van der Waals surface area contributed by atoms with E-state index >= 15 is 0 Å². The Morgan fingerprint density at radius 3 is 2.65 bits per heavy atom. The number of nitrogen functional groups attached to an aromatic ring is 1. The summed E-state index contributed by atoms with van der Waals surface area (Å²) in [6.45, 7) is 0.548. The Bertz CT molecular complexity index is 789. The van der Waals surface area contributed by atoms with E-state index in [-0.39, 0.29) is 0 Å². The van der Waals surface area contributed by atoms with Gasteiger partial charge >= 0.3 is 0 Å². The molecule has 0 spiro atoms. The van der Waals surface area contributed by atoms with Crippen LogP contribution in [0.2, 0.25) is 0 Å². The average Bonchev–Trinajstić information content (AvgIpc) is 2.57. The number of hydrogen-bond donors (Lipinski definition) is 3. The lowest BCUT2D eigenvalue weighted by Crippen LogP contribution is -2.06. The van der Waals surface area contributed by atoms with Gasteiger partial charge in [-0.1, -0.05) is 6.07 Å². The Morgan fingerprint density at radius 1 is 1.00 bits per heavy atom. The zero-order valence-electron chi connectivity index (χ0n) is 12.5. The van der Waals surface area contributed by atoms with Crippen molar-refractivity contribution in [2.45, 2.75) is 6.42 Å². The molecule has 0 aliphatic rings. The average molecular weight is 307 g/mol. The number of rotatable bonds is 5. The zero-order chi connectivity index (χ0) is 16.1. The molecule has 0 atom stereocenters. The maximum Gasteiger partial charge on any atom is 0.150 e. The minimum Gasteiger partial charge on any atom is -0.384 e. The fraction of sp³-hybridized carbons (Fsp3) is 0.125. The smallest absolute Gasteiger partial charge is 0.150 e. The van der Waals surface area contributed by atoms with Crippen molar-refractivity contribution in [1.29, 1.82) is 0 Å². The zero-order valence-corrected chi connectivity index (χ0v) is 12.5. The van der Waals surface area contributed by atoms with Crippen molar-refractivity contribution in [2.75, 3.05) is 17.6 Å². The van der Waals surface area contributed by atoms with Crippen molar-refractivity contribution in [1.82, 2.24) is 19.9 Å². The minimum absolute atomic E-state index is 0.454. The fourth-order valence-electron chi connectivity index (χ4n) is 2.26. The van der Waals surface area contributed by atoms with E-state index in [2.05, 4.69) is 25.3 Å². The van der Waals surface area contributed by atoms with Crippen LogP contribution >= 0.6 is 0 Å². The molecule has 0 saturated heterocycles. The van der Waals surface area contributed by atoms with Crippen molar-refractivity contribution in [3.63, 3.8) is 0 Å². The molecule has 0 saturated carbocycles. The number of nitrogens with two attached hydrogens (primary N) is 2. The molecular formula is C16H17N7. The second-order valence-corrected chi connectivity index (χ2v) is 4.93. The summed E-state index contributed by atoms with van der Waals surface area (Å²) in [6, 6.07) is 7.58. The van der Waals surface area contributed by atoms with Crippen LogP contribution in [0.5, 0.6) is 0 Å². The van der Waals surface area contributed by atoms with Gasteiger partial charge in [0.05, 0.1) is 11.9 Å². The van der Waals surface area contributed by atoms with Crippen LogP contribution in [0.15, 0.2) is 49.1 Å². The van der Waals surface area contributed by atoms with Crippen molar-refractivity contribution in [3.05, 3.63) is 54.6 Å². The molecular weight excluding hydrogens is 290 g/mol. The largest absolute Gasteiger partial charge is 0.384 e. The molecule has 7 nitrogen and oxygen atoms in total. The summed E-state index contributed by atoms with van der Waals surface area (Å²) in [5.41, 5.74) is 14.3. The van der Waals surface area contributed by atoms with E-state index in [1.807, 2.05) is 18.2 Å². The van der Waals surface area contributed by atoms with E-state index in [1.54, 1.807) is 30.9 Å². The molecule has 0 aliphatic heterocycles. The Labute approximate surface area is 133 Å². The predicted octanol–water partition coefficient (Wildman–Crippen LogP) is 1.76. The lowest BCUT2D eigenvalue weighted by Gasteiger charge is -2.12. The third-order valence-corrected chi connectivity index (χ3v) is 3.27. The molecule has 5 N–H and O–H groups in total. The predicted molar refractivity (Wildman–Crippen MR) is 90.0 cm³/mol. The van der Waals surface area contributed by atoms with Crippen LogP contribution in [-0.4, -0.2) is 26.5 Å². The van der Waals surface area contributed by atoms with Gasteiger partial charge in [-0.2, -0.15) is 0 Å².